The number of anilines is 3. The molecule has 0 saturated heterocycles. The predicted octanol–water partition coefficient (Wildman–Crippen LogP) is 12.8. The van der Waals surface area contributed by atoms with Crippen LogP contribution < -0.4 is 4.90 Å². The minimum Gasteiger partial charge on any atom is -0.313 e. The Morgan fingerprint density at radius 1 is 0.412 bits per heavy atom. The van der Waals surface area contributed by atoms with Gasteiger partial charge < -0.3 is 14.0 Å². The van der Waals surface area contributed by atoms with Crippen molar-refractivity contribution >= 4 is 55.8 Å². The van der Waals surface area contributed by atoms with Crippen LogP contribution in [0.15, 0.2) is 182 Å². The zero-order valence-corrected chi connectivity index (χ0v) is 28.2. The molecule has 0 radical (unpaired) electrons. The zero-order valence-electron chi connectivity index (χ0n) is 28.2. The van der Waals surface area contributed by atoms with E-state index < -0.39 is 0 Å². The van der Waals surface area contributed by atoms with Gasteiger partial charge in [-0.2, -0.15) is 0 Å². The van der Waals surface area contributed by atoms with Gasteiger partial charge in [0.25, 0.3) is 0 Å². The lowest BCUT2D eigenvalue weighted by atomic mass is 10.0. The first kappa shape index (κ1) is 29.3. The molecule has 1 aliphatic carbocycles. The van der Waals surface area contributed by atoms with Crippen LogP contribution in [0.3, 0.4) is 0 Å². The molecule has 3 heteroatoms. The minimum absolute atomic E-state index is 1.03. The predicted molar refractivity (Wildman–Crippen MR) is 215 cm³/mol. The lowest BCUT2D eigenvalue weighted by Crippen LogP contribution is -2.10. The van der Waals surface area contributed by atoms with Gasteiger partial charge in [-0.15, -0.1) is 0 Å². The van der Waals surface area contributed by atoms with E-state index in [0.29, 0.717) is 0 Å². The molecule has 2 aromatic heterocycles. The molecular formula is C48H35N3. The number of hydrogen-bond donors (Lipinski definition) is 0. The third-order valence-corrected chi connectivity index (χ3v) is 10.4. The number of rotatable bonds is 6. The van der Waals surface area contributed by atoms with Crippen LogP contribution in [-0.2, 0) is 6.42 Å². The standard InChI is InChI=1S/C48H35N3/c1-4-14-34(15-5-1)35-24-26-38(27-25-35)49(39-28-30-47-43(32-39)41-20-10-12-22-45(41)50(47)36-16-6-2-7-17-36)40-29-31-48-44(33-40)42-21-11-13-23-46(42)51(48)37-18-8-3-9-19-37/h1-12,14-22,24-33H,13,23H2. The van der Waals surface area contributed by atoms with E-state index in [4.69, 9.17) is 0 Å². The van der Waals surface area contributed by atoms with E-state index >= 15 is 0 Å². The number of hydrogen-bond acceptors (Lipinski definition) is 1. The van der Waals surface area contributed by atoms with E-state index in [9.17, 15) is 0 Å². The maximum atomic E-state index is 2.46. The number of aromatic nitrogens is 2. The Hall–Kier alpha value is -6.58. The Bertz CT molecular complexity index is 2720. The molecule has 0 aliphatic heterocycles. The molecule has 9 aromatic rings. The van der Waals surface area contributed by atoms with Gasteiger partial charge in [-0.25, -0.2) is 0 Å². The van der Waals surface area contributed by atoms with Crippen molar-refractivity contribution < 1.29 is 0 Å². The lowest BCUT2D eigenvalue weighted by Gasteiger charge is -2.26. The highest BCUT2D eigenvalue weighted by atomic mass is 15.1. The van der Waals surface area contributed by atoms with Crippen LogP contribution in [0.25, 0.3) is 61.3 Å². The summed E-state index contributed by atoms with van der Waals surface area (Å²) in [7, 11) is 0. The molecule has 0 bridgehead atoms. The lowest BCUT2D eigenvalue weighted by molar-refractivity contribution is 0.888. The largest absolute Gasteiger partial charge is 0.313 e. The quantitative estimate of drug-likeness (QED) is 0.174. The second-order valence-electron chi connectivity index (χ2n) is 13.3. The van der Waals surface area contributed by atoms with Crippen LogP contribution in [0.4, 0.5) is 17.1 Å². The van der Waals surface area contributed by atoms with Crippen molar-refractivity contribution in [2.45, 2.75) is 12.8 Å². The summed E-state index contributed by atoms with van der Waals surface area (Å²) in [6.45, 7) is 0. The van der Waals surface area contributed by atoms with Crippen LogP contribution in [0, 0.1) is 0 Å². The monoisotopic (exact) mass is 653 g/mol. The van der Waals surface area contributed by atoms with Crippen LogP contribution in [0.1, 0.15) is 17.7 Å². The van der Waals surface area contributed by atoms with Crippen LogP contribution in [0.2, 0.25) is 0 Å². The van der Waals surface area contributed by atoms with Crippen molar-refractivity contribution in [3.05, 3.63) is 193 Å². The number of fused-ring (bicyclic) bond motifs is 6. The first-order valence-corrected chi connectivity index (χ1v) is 17.8. The maximum absolute atomic E-state index is 2.46. The number of allylic oxidation sites excluding steroid dienone is 1. The molecule has 51 heavy (non-hydrogen) atoms. The smallest absolute Gasteiger partial charge is 0.0542 e. The molecule has 2 heterocycles. The molecular weight excluding hydrogens is 619 g/mol. The van der Waals surface area contributed by atoms with E-state index in [1.54, 1.807) is 0 Å². The normalized spacial score (nSPS) is 12.5. The Morgan fingerprint density at radius 3 is 1.65 bits per heavy atom. The van der Waals surface area contributed by atoms with Gasteiger partial charge in [0.2, 0.25) is 0 Å². The molecule has 0 unspecified atom stereocenters. The molecule has 1 aliphatic rings. The molecule has 0 fully saturated rings. The van der Waals surface area contributed by atoms with Gasteiger partial charge in [-0.1, -0.05) is 109 Å². The van der Waals surface area contributed by atoms with Gasteiger partial charge in [0, 0.05) is 55.9 Å². The van der Waals surface area contributed by atoms with Crippen LogP contribution >= 0.6 is 0 Å². The van der Waals surface area contributed by atoms with Crippen molar-refractivity contribution in [1.29, 1.82) is 0 Å². The summed E-state index contributed by atoms with van der Waals surface area (Å²) in [6.07, 6.45) is 6.73. The average molecular weight is 654 g/mol. The van der Waals surface area contributed by atoms with Gasteiger partial charge in [0.1, 0.15) is 0 Å². The summed E-state index contributed by atoms with van der Waals surface area (Å²) >= 11 is 0. The van der Waals surface area contributed by atoms with E-state index in [-0.39, 0.29) is 0 Å². The van der Waals surface area contributed by atoms with Gasteiger partial charge in [0.05, 0.1) is 16.6 Å². The topological polar surface area (TPSA) is 13.1 Å². The Kier molecular flexibility index (Phi) is 6.95. The second-order valence-corrected chi connectivity index (χ2v) is 13.3. The van der Waals surface area contributed by atoms with Crippen molar-refractivity contribution in [1.82, 2.24) is 9.13 Å². The summed E-state index contributed by atoms with van der Waals surface area (Å²) in [5.41, 5.74) is 14.5. The third kappa shape index (κ3) is 4.89. The zero-order chi connectivity index (χ0) is 33.7. The molecule has 0 atom stereocenters. The fraction of sp³-hybridized carbons (Fsp3) is 0.0417. The average Bonchev–Trinajstić information content (AvgIpc) is 3.72. The number of benzene rings is 7. The molecule has 242 valence electrons. The molecule has 0 saturated carbocycles. The molecule has 0 amide bonds. The number of nitrogens with zero attached hydrogens (tertiary/aromatic N) is 3. The highest BCUT2D eigenvalue weighted by Crippen LogP contribution is 2.43. The summed E-state index contributed by atoms with van der Waals surface area (Å²) < 4.78 is 4.84. The first-order chi connectivity index (χ1) is 25.3. The second kappa shape index (κ2) is 12.1. The van der Waals surface area contributed by atoms with E-state index in [2.05, 4.69) is 202 Å². The Labute approximate surface area is 297 Å². The highest BCUT2D eigenvalue weighted by Gasteiger charge is 2.22. The van der Waals surface area contributed by atoms with Crippen molar-refractivity contribution in [3.63, 3.8) is 0 Å². The van der Waals surface area contributed by atoms with Crippen molar-refractivity contribution in [3.8, 4) is 22.5 Å². The van der Waals surface area contributed by atoms with Gasteiger partial charge in [-0.05, 0) is 103 Å². The highest BCUT2D eigenvalue weighted by molar-refractivity contribution is 6.11. The summed E-state index contributed by atoms with van der Waals surface area (Å²) in [5, 5.41) is 3.75. The number of para-hydroxylation sites is 3. The fourth-order valence-corrected chi connectivity index (χ4v) is 8.06. The molecule has 10 rings (SSSR count). The van der Waals surface area contributed by atoms with Crippen LogP contribution in [0.5, 0.6) is 0 Å². The maximum Gasteiger partial charge on any atom is 0.0542 e. The fourth-order valence-electron chi connectivity index (χ4n) is 8.06. The van der Waals surface area contributed by atoms with Gasteiger partial charge in [-0.3, -0.25) is 0 Å². The molecule has 7 aromatic carbocycles. The van der Waals surface area contributed by atoms with E-state index in [1.165, 1.54) is 60.8 Å². The van der Waals surface area contributed by atoms with Crippen LogP contribution in [-0.4, -0.2) is 9.13 Å². The van der Waals surface area contributed by atoms with E-state index in [1.807, 2.05) is 0 Å². The van der Waals surface area contributed by atoms with E-state index in [0.717, 1.165) is 35.6 Å². The summed E-state index contributed by atoms with van der Waals surface area (Å²) in [6, 6.07) is 63.8. The Balaban J connectivity index is 1.19. The van der Waals surface area contributed by atoms with Crippen molar-refractivity contribution in [2.75, 3.05) is 4.90 Å². The van der Waals surface area contributed by atoms with Gasteiger partial charge >= 0.3 is 0 Å². The molecule has 0 N–H and O–H groups in total. The van der Waals surface area contributed by atoms with Crippen molar-refractivity contribution in [2.24, 2.45) is 0 Å². The molecule has 3 nitrogen and oxygen atoms in total. The Morgan fingerprint density at radius 2 is 0.941 bits per heavy atom. The SMILES string of the molecule is C1=Cc2c(n(-c3ccccc3)c3ccc(N(c4ccc(-c5ccccc5)cc4)c4ccc5c(c4)c4ccccc4n5-c4ccccc4)cc23)CC1. The van der Waals surface area contributed by atoms with Gasteiger partial charge in [0.15, 0.2) is 0 Å². The molecule has 0 spiro atoms. The summed E-state index contributed by atoms with van der Waals surface area (Å²) in [4.78, 5) is 2.42. The first-order valence-electron chi connectivity index (χ1n) is 17.8. The minimum atomic E-state index is 1.03. The third-order valence-electron chi connectivity index (χ3n) is 10.4. The summed E-state index contributed by atoms with van der Waals surface area (Å²) in [5.74, 6) is 0.